The molecule has 0 heterocycles. The average molecular weight is 315 g/mol. The van der Waals surface area contributed by atoms with Gasteiger partial charge in [-0.3, -0.25) is 4.79 Å². The Labute approximate surface area is 137 Å². The molecule has 0 unspecified atom stereocenters. The number of carbonyl (C=O) groups excluding carboxylic acids is 1. The van der Waals surface area contributed by atoms with E-state index in [-0.39, 0.29) is 5.91 Å². The molecule has 0 spiro atoms. The maximum atomic E-state index is 11.9. The second kappa shape index (κ2) is 16.8. The molecular weight excluding hydrogens is 278 g/mol. The fourth-order valence-electron chi connectivity index (χ4n) is 2.45. The van der Waals surface area contributed by atoms with Crippen LogP contribution in [0.1, 0.15) is 97.8 Å². The minimum absolute atomic E-state index is 0.0698. The Hall–Kier alpha value is -0.610. The molecule has 0 radical (unpaired) electrons. The highest BCUT2D eigenvalue weighted by Crippen LogP contribution is 2.12. The molecule has 132 valence electrons. The van der Waals surface area contributed by atoms with Gasteiger partial charge >= 0.3 is 0 Å². The monoisotopic (exact) mass is 315 g/mol. The highest BCUT2D eigenvalue weighted by atomic mass is 17.0. The molecule has 0 aromatic heterocycles. The Morgan fingerprint density at radius 3 is 1.50 bits per heavy atom. The summed E-state index contributed by atoms with van der Waals surface area (Å²) in [5, 5.41) is 1.05. The van der Waals surface area contributed by atoms with Crippen molar-refractivity contribution in [3.63, 3.8) is 0 Å². The standard InChI is InChI=1S/C18H37NO3/c1-4-7-8-9-10-11-12-13-14-15-16-17-18(20)19(21-5-2)22-6-3/h4-17H2,1-3H3. The molecular formula is C18H37NO3. The normalized spacial score (nSPS) is 10.9. The summed E-state index contributed by atoms with van der Waals surface area (Å²) in [7, 11) is 0. The summed E-state index contributed by atoms with van der Waals surface area (Å²) >= 11 is 0. The van der Waals surface area contributed by atoms with Gasteiger partial charge < -0.3 is 0 Å². The van der Waals surface area contributed by atoms with Crippen molar-refractivity contribution in [3.05, 3.63) is 0 Å². The van der Waals surface area contributed by atoms with Crippen molar-refractivity contribution in [2.75, 3.05) is 13.2 Å². The second-order valence-corrected chi connectivity index (χ2v) is 5.77. The average Bonchev–Trinajstić information content (AvgIpc) is 2.52. The third-order valence-corrected chi connectivity index (χ3v) is 3.69. The quantitative estimate of drug-likeness (QED) is 0.282. The van der Waals surface area contributed by atoms with E-state index in [0.717, 1.165) is 18.1 Å². The third kappa shape index (κ3) is 13.1. The van der Waals surface area contributed by atoms with Gasteiger partial charge in [-0.15, -0.1) is 0 Å². The second-order valence-electron chi connectivity index (χ2n) is 5.77. The first-order chi connectivity index (χ1) is 10.8. The first kappa shape index (κ1) is 21.4. The van der Waals surface area contributed by atoms with Gasteiger partial charge in [0.05, 0.1) is 13.2 Å². The molecule has 0 rings (SSSR count). The zero-order chi connectivity index (χ0) is 16.5. The van der Waals surface area contributed by atoms with Gasteiger partial charge in [0.15, 0.2) is 0 Å². The highest BCUT2D eigenvalue weighted by molar-refractivity contribution is 5.73. The van der Waals surface area contributed by atoms with Crippen LogP contribution < -0.4 is 0 Å². The molecule has 0 fully saturated rings. The van der Waals surface area contributed by atoms with Gasteiger partial charge in [-0.2, -0.15) is 0 Å². The van der Waals surface area contributed by atoms with E-state index in [4.69, 9.17) is 9.68 Å². The van der Waals surface area contributed by atoms with E-state index in [0.29, 0.717) is 19.6 Å². The van der Waals surface area contributed by atoms with Crippen LogP contribution >= 0.6 is 0 Å². The number of hydrogen-bond acceptors (Lipinski definition) is 3. The van der Waals surface area contributed by atoms with Crippen LogP contribution in [0.25, 0.3) is 0 Å². The van der Waals surface area contributed by atoms with Crippen LogP contribution in [0.15, 0.2) is 0 Å². The van der Waals surface area contributed by atoms with Crippen molar-refractivity contribution in [1.82, 2.24) is 5.23 Å². The molecule has 1 amide bonds. The summed E-state index contributed by atoms with van der Waals surface area (Å²) in [6.45, 7) is 6.85. The van der Waals surface area contributed by atoms with Crippen molar-refractivity contribution in [1.29, 1.82) is 0 Å². The molecule has 22 heavy (non-hydrogen) atoms. The first-order valence-corrected chi connectivity index (χ1v) is 9.35. The van der Waals surface area contributed by atoms with Crippen molar-refractivity contribution in [3.8, 4) is 0 Å². The molecule has 0 aromatic carbocycles. The molecule has 0 N–H and O–H groups in total. The molecule has 0 aliphatic rings. The van der Waals surface area contributed by atoms with Crippen LogP contribution in [0, 0.1) is 0 Å². The van der Waals surface area contributed by atoms with Gasteiger partial charge in [-0.1, -0.05) is 76.4 Å². The third-order valence-electron chi connectivity index (χ3n) is 3.69. The lowest BCUT2D eigenvalue weighted by molar-refractivity contribution is -0.338. The lowest BCUT2D eigenvalue weighted by Gasteiger charge is -2.18. The van der Waals surface area contributed by atoms with Gasteiger partial charge in [0.25, 0.3) is 5.91 Å². The van der Waals surface area contributed by atoms with Crippen LogP contribution in [0.4, 0.5) is 0 Å². The lowest BCUT2D eigenvalue weighted by Crippen LogP contribution is -2.31. The molecule has 4 heteroatoms. The van der Waals surface area contributed by atoms with Crippen LogP contribution in [-0.2, 0) is 14.5 Å². The van der Waals surface area contributed by atoms with E-state index >= 15 is 0 Å². The van der Waals surface area contributed by atoms with Gasteiger partial charge in [0, 0.05) is 6.42 Å². The smallest absolute Gasteiger partial charge is 0.270 e. The largest absolute Gasteiger partial charge is 0.273 e. The van der Waals surface area contributed by atoms with Crippen LogP contribution in [0.2, 0.25) is 0 Å². The Morgan fingerprint density at radius 1 is 0.682 bits per heavy atom. The van der Waals surface area contributed by atoms with E-state index in [9.17, 15) is 4.79 Å². The van der Waals surface area contributed by atoms with Gasteiger partial charge in [-0.05, 0) is 20.3 Å². The van der Waals surface area contributed by atoms with E-state index in [2.05, 4.69) is 6.92 Å². The lowest BCUT2D eigenvalue weighted by atomic mass is 10.1. The van der Waals surface area contributed by atoms with Crippen molar-refractivity contribution in [2.24, 2.45) is 0 Å². The predicted molar refractivity (Wildman–Crippen MR) is 91.2 cm³/mol. The molecule has 0 saturated heterocycles. The van der Waals surface area contributed by atoms with E-state index in [1.54, 1.807) is 0 Å². The van der Waals surface area contributed by atoms with E-state index in [1.165, 1.54) is 57.8 Å². The summed E-state index contributed by atoms with van der Waals surface area (Å²) in [6.07, 6.45) is 14.7. The topological polar surface area (TPSA) is 38.8 Å². The van der Waals surface area contributed by atoms with E-state index in [1.807, 2.05) is 13.8 Å². The number of hydrogen-bond donors (Lipinski definition) is 0. The highest BCUT2D eigenvalue weighted by Gasteiger charge is 2.13. The molecule has 0 aliphatic heterocycles. The summed E-state index contributed by atoms with van der Waals surface area (Å²) < 4.78 is 0. The van der Waals surface area contributed by atoms with Gasteiger partial charge in [0.1, 0.15) is 0 Å². The Kier molecular flexibility index (Phi) is 16.3. The Bertz CT molecular complexity index is 240. The molecule has 0 bridgehead atoms. The zero-order valence-electron chi connectivity index (χ0n) is 15.1. The van der Waals surface area contributed by atoms with Crippen LogP contribution in [-0.4, -0.2) is 24.3 Å². The molecule has 0 aliphatic carbocycles. The molecule has 0 atom stereocenters. The number of amides is 1. The molecule has 4 nitrogen and oxygen atoms in total. The van der Waals surface area contributed by atoms with Crippen LogP contribution in [0.3, 0.4) is 0 Å². The Morgan fingerprint density at radius 2 is 1.09 bits per heavy atom. The summed E-state index contributed by atoms with van der Waals surface area (Å²) in [5.41, 5.74) is 0. The minimum atomic E-state index is -0.0698. The number of hydroxylamine groups is 2. The summed E-state index contributed by atoms with van der Waals surface area (Å²) in [5.74, 6) is -0.0698. The van der Waals surface area contributed by atoms with Crippen molar-refractivity contribution in [2.45, 2.75) is 97.8 Å². The summed E-state index contributed by atoms with van der Waals surface area (Å²) in [4.78, 5) is 22.2. The summed E-state index contributed by atoms with van der Waals surface area (Å²) in [6, 6.07) is 0. The fraction of sp³-hybridized carbons (Fsp3) is 0.944. The first-order valence-electron chi connectivity index (χ1n) is 9.35. The number of rotatable bonds is 16. The predicted octanol–water partition coefficient (Wildman–Crippen LogP) is 5.42. The maximum Gasteiger partial charge on any atom is 0.273 e. The van der Waals surface area contributed by atoms with Crippen LogP contribution in [0.5, 0.6) is 0 Å². The zero-order valence-corrected chi connectivity index (χ0v) is 15.1. The molecule has 0 saturated carbocycles. The SMILES string of the molecule is CCCCCCCCCCCCCC(=O)N(OCC)OCC. The van der Waals surface area contributed by atoms with Gasteiger partial charge in [-0.25, -0.2) is 9.68 Å². The number of carbonyl (C=O) groups is 1. The van der Waals surface area contributed by atoms with E-state index < -0.39 is 0 Å². The maximum absolute atomic E-state index is 11.9. The minimum Gasteiger partial charge on any atom is -0.270 e. The van der Waals surface area contributed by atoms with Gasteiger partial charge in [0.2, 0.25) is 0 Å². The van der Waals surface area contributed by atoms with Crippen molar-refractivity contribution >= 4 is 5.91 Å². The number of nitrogens with zero attached hydrogens (tertiary/aromatic N) is 1. The number of unbranched alkanes of at least 4 members (excludes halogenated alkanes) is 10. The van der Waals surface area contributed by atoms with Crippen molar-refractivity contribution < 1.29 is 14.5 Å². The molecule has 0 aromatic rings. The Balaban J connectivity index is 3.39. The fourth-order valence-corrected chi connectivity index (χ4v) is 2.45.